The minimum absolute atomic E-state index is 0.218. The number of rotatable bonds is 4. The third kappa shape index (κ3) is 3.31. The maximum atomic E-state index is 12.7. The van der Waals surface area contributed by atoms with Crippen molar-refractivity contribution in [2.24, 2.45) is 0 Å². The second kappa shape index (κ2) is 7.13. The van der Waals surface area contributed by atoms with Crippen LogP contribution in [-0.4, -0.2) is 34.3 Å². The monoisotopic (exact) mass is 418 g/mol. The van der Waals surface area contributed by atoms with E-state index < -0.39 is 23.5 Å². The Hall–Kier alpha value is -1.70. The van der Waals surface area contributed by atoms with Gasteiger partial charge in [-0.25, -0.2) is 9.69 Å². The van der Waals surface area contributed by atoms with Crippen LogP contribution >= 0.6 is 34.8 Å². The van der Waals surface area contributed by atoms with Gasteiger partial charge < -0.3 is 5.32 Å². The molecular weight excluding hydrogens is 403 g/mol. The van der Waals surface area contributed by atoms with E-state index in [9.17, 15) is 14.4 Å². The van der Waals surface area contributed by atoms with E-state index in [2.05, 4.69) is 16.2 Å². The minimum Gasteiger partial charge on any atom is -0.323 e. The molecule has 1 aromatic rings. The summed E-state index contributed by atoms with van der Waals surface area (Å²) in [5, 5.41) is 3.53. The van der Waals surface area contributed by atoms with Crippen LogP contribution in [0.25, 0.3) is 0 Å². The fraction of sp³-hybridized carbons (Fsp3) is 0.438. The smallest absolute Gasteiger partial charge is 0.323 e. The quantitative estimate of drug-likeness (QED) is 0.516. The van der Waals surface area contributed by atoms with Crippen molar-refractivity contribution in [1.29, 1.82) is 0 Å². The average molecular weight is 420 g/mol. The highest BCUT2D eigenvalue weighted by Gasteiger charge is 2.54. The molecule has 1 heterocycles. The fourth-order valence-electron chi connectivity index (χ4n) is 3.32. The number of amides is 4. The molecule has 140 valence electrons. The molecular formula is C16H17Cl3N4O3. The second-order valence-electron chi connectivity index (χ2n) is 6.43. The standard InChI is InChI=1S/C16H17Cl3N4O3/c1-8(23-14(25)16(20-15(23)26)4-2-3-5-16)13(24)22-21-12-10(18)6-9(17)7-11(12)19/h6-8,21H,2-5H2,1H3,(H,20,26)(H,22,24). The Balaban J connectivity index is 1.69. The van der Waals surface area contributed by atoms with Crippen LogP contribution in [0.5, 0.6) is 0 Å². The number of anilines is 1. The molecule has 2 aliphatic rings. The summed E-state index contributed by atoms with van der Waals surface area (Å²) < 4.78 is 0. The maximum Gasteiger partial charge on any atom is 0.325 e. The van der Waals surface area contributed by atoms with Crippen LogP contribution in [0.4, 0.5) is 10.5 Å². The molecule has 1 atom stereocenters. The fourth-order valence-corrected chi connectivity index (χ4v) is 4.23. The molecule has 1 saturated heterocycles. The van der Waals surface area contributed by atoms with Crippen molar-refractivity contribution >= 4 is 58.3 Å². The van der Waals surface area contributed by atoms with Gasteiger partial charge in [-0.1, -0.05) is 47.6 Å². The molecule has 3 rings (SSSR count). The zero-order valence-corrected chi connectivity index (χ0v) is 16.1. The minimum atomic E-state index is -1.00. The molecule has 7 nitrogen and oxygen atoms in total. The van der Waals surface area contributed by atoms with Crippen LogP contribution in [-0.2, 0) is 9.59 Å². The number of carbonyl (C=O) groups excluding carboxylic acids is 3. The van der Waals surface area contributed by atoms with Crippen molar-refractivity contribution in [1.82, 2.24) is 15.6 Å². The summed E-state index contributed by atoms with van der Waals surface area (Å²) >= 11 is 17.9. The van der Waals surface area contributed by atoms with Crippen LogP contribution < -0.4 is 16.2 Å². The maximum absolute atomic E-state index is 12.7. The third-order valence-corrected chi connectivity index (χ3v) is 5.55. The van der Waals surface area contributed by atoms with Gasteiger partial charge in [0.25, 0.3) is 11.8 Å². The van der Waals surface area contributed by atoms with E-state index in [1.165, 1.54) is 19.1 Å². The Morgan fingerprint density at radius 3 is 2.35 bits per heavy atom. The predicted octanol–water partition coefficient (Wildman–Crippen LogP) is 3.34. The lowest BCUT2D eigenvalue weighted by molar-refractivity contribution is -0.137. The molecule has 26 heavy (non-hydrogen) atoms. The summed E-state index contributed by atoms with van der Waals surface area (Å²) in [4.78, 5) is 38.3. The second-order valence-corrected chi connectivity index (χ2v) is 7.68. The van der Waals surface area contributed by atoms with E-state index in [-0.39, 0.29) is 21.6 Å². The Morgan fingerprint density at radius 2 is 1.77 bits per heavy atom. The number of nitrogens with one attached hydrogen (secondary N) is 3. The summed E-state index contributed by atoms with van der Waals surface area (Å²) in [5.74, 6) is -0.934. The zero-order valence-electron chi connectivity index (χ0n) is 13.9. The molecule has 4 amide bonds. The molecule has 0 bridgehead atoms. The molecule has 10 heteroatoms. The van der Waals surface area contributed by atoms with Crippen molar-refractivity contribution in [3.05, 3.63) is 27.2 Å². The molecule has 0 radical (unpaired) electrons. The lowest BCUT2D eigenvalue weighted by Crippen LogP contribution is -2.51. The molecule has 0 aromatic heterocycles. The number of hydrazine groups is 1. The number of benzene rings is 1. The molecule has 1 aromatic carbocycles. The van der Waals surface area contributed by atoms with Crippen molar-refractivity contribution in [3.8, 4) is 0 Å². The summed E-state index contributed by atoms with van der Waals surface area (Å²) in [6.45, 7) is 1.48. The van der Waals surface area contributed by atoms with Crippen molar-refractivity contribution in [2.75, 3.05) is 5.43 Å². The number of hydrogen-bond donors (Lipinski definition) is 3. The molecule has 3 N–H and O–H groups in total. The van der Waals surface area contributed by atoms with E-state index in [0.29, 0.717) is 17.9 Å². The zero-order chi connectivity index (χ0) is 19.1. The summed E-state index contributed by atoms with van der Waals surface area (Å²) in [7, 11) is 0. The third-order valence-electron chi connectivity index (χ3n) is 4.73. The first kappa shape index (κ1) is 19.1. The predicted molar refractivity (Wildman–Crippen MR) is 99.3 cm³/mol. The molecule has 1 aliphatic carbocycles. The van der Waals surface area contributed by atoms with Crippen LogP contribution in [0.15, 0.2) is 12.1 Å². The van der Waals surface area contributed by atoms with Gasteiger partial charge in [-0.15, -0.1) is 0 Å². The molecule has 1 spiro atoms. The Morgan fingerprint density at radius 1 is 1.19 bits per heavy atom. The van der Waals surface area contributed by atoms with Gasteiger partial charge in [0.15, 0.2) is 0 Å². The van der Waals surface area contributed by atoms with Crippen molar-refractivity contribution < 1.29 is 14.4 Å². The SMILES string of the molecule is CC(C(=O)NNc1c(Cl)cc(Cl)cc1Cl)N1C(=O)NC2(CCCC2)C1=O. The van der Waals surface area contributed by atoms with Gasteiger partial charge in [0, 0.05) is 5.02 Å². The van der Waals surface area contributed by atoms with Gasteiger partial charge in [-0.2, -0.15) is 0 Å². The lowest BCUT2D eigenvalue weighted by Gasteiger charge is -2.24. The Labute approximate surface area is 165 Å². The largest absolute Gasteiger partial charge is 0.325 e. The number of imide groups is 1. The summed E-state index contributed by atoms with van der Waals surface area (Å²) in [6, 6.07) is 1.38. The summed E-state index contributed by atoms with van der Waals surface area (Å²) in [6.07, 6.45) is 2.93. The van der Waals surface area contributed by atoms with E-state index in [4.69, 9.17) is 34.8 Å². The van der Waals surface area contributed by atoms with Crippen molar-refractivity contribution in [3.63, 3.8) is 0 Å². The summed E-state index contributed by atoms with van der Waals surface area (Å²) in [5.41, 5.74) is 4.44. The number of urea groups is 1. The number of hydrogen-bond acceptors (Lipinski definition) is 4. The molecule has 1 aliphatic heterocycles. The van der Waals surface area contributed by atoms with Gasteiger partial charge in [0.2, 0.25) is 0 Å². The highest BCUT2D eigenvalue weighted by atomic mass is 35.5. The first-order chi connectivity index (χ1) is 12.2. The van der Waals surface area contributed by atoms with Crippen LogP contribution in [0, 0.1) is 0 Å². The van der Waals surface area contributed by atoms with Gasteiger partial charge in [0.1, 0.15) is 11.6 Å². The number of halogens is 3. The average Bonchev–Trinajstić information content (AvgIpc) is 3.11. The topological polar surface area (TPSA) is 90.5 Å². The van der Waals surface area contributed by atoms with Crippen LogP contribution in [0.2, 0.25) is 15.1 Å². The number of carbonyl (C=O) groups is 3. The van der Waals surface area contributed by atoms with Gasteiger partial charge in [-0.05, 0) is 31.9 Å². The van der Waals surface area contributed by atoms with Gasteiger partial charge in [-0.3, -0.25) is 20.4 Å². The van der Waals surface area contributed by atoms with Crippen LogP contribution in [0.1, 0.15) is 32.6 Å². The Bertz CT molecular complexity index is 757. The molecule has 1 saturated carbocycles. The van der Waals surface area contributed by atoms with Gasteiger partial charge in [0.05, 0.1) is 15.7 Å². The lowest BCUT2D eigenvalue weighted by atomic mass is 9.97. The van der Waals surface area contributed by atoms with E-state index in [1.54, 1.807) is 0 Å². The van der Waals surface area contributed by atoms with Crippen LogP contribution in [0.3, 0.4) is 0 Å². The first-order valence-corrected chi connectivity index (χ1v) is 9.25. The van der Waals surface area contributed by atoms with E-state index >= 15 is 0 Å². The molecule has 2 fully saturated rings. The molecule has 1 unspecified atom stereocenters. The van der Waals surface area contributed by atoms with Crippen molar-refractivity contribution in [2.45, 2.75) is 44.2 Å². The van der Waals surface area contributed by atoms with E-state index in [1.807, 2.05) is 0 Å². The number of nitrogens with zero attached hydrogens (tertiary/aromatic N) is 1. The highest BCUT2D eigenvalue weighted by Crippen LogP contribution is 2.36. The highest BCUT2D eigenvalue weighted by molar-refractivity contribution is 6.41. The van der Waals surface area contributed by atoms with E-state index in [0.717, 1.165) is 17.7 Å². The first-order valence-electron chi connectivity index (χ1n) is 8.11. The Kier molecular flexibility index (Phi) is 5.23. The normalized spacial score (nSPS) is 19.6. The van der Waals surface area contributed by atoms with Gasteiger partial charge >= 0.3 is 6.03 Å².